The molecule has 0 saturated carbocycles. The third kappa shape index (κ3) is 5.59. The van der Waals surface area contributed by atoms with E-state index >= 15 is 0 Å². The molecule has 2 aromatic rings. The summed E-state index contributed by atoms with van der Waals surface area (Å²) in [6.07, 6.45) is -5.75. The van der Waals surface area contributed by atoms with Crippen molar-refractivity contribution in [2.75, 3.05) is 6.61 Å². The monoisotopic (exact) mass is 462 g/mol. The molecule has 176 valence electrons. The molecule has 0 radical (unpaired) electrons. The molecule has 1 fully saturated rings. The Bertz CT molecular complexity index is 995. The molecule has 0 spiro atoms. The van der Waals surface area contributed by atoms with Crippen LogP contribution in [0, 0.1) is 0 Å². The zero-order valence-corrected chi connectivity index (χ0v) is 17.0. The van der Waals surface area contributed by atoms with Crippen LogP contribution in [0.25, 0.3) is 6.08 Å². The summed E-state index contributed by atoms with van der Waals surface area (Å²) in [6, 6.07) is 10.4. The van der Waals surface area contributed by atoms with Crippen LogP contribution in [-0.4, -0.2) is 79.9 Å². The van der Waals surface area contributed by atoms with Crippen LogP contribution in [0.2, 0.25) is 0 Å². The van der Waals surface area contributed by atoms with Crippen LogP contribution in [-0.2, 0) is 19.0 Å². The van der Waals surface area contributed by atoms with Gasteiger partial charge in [0.15, 0.2) is 23.4 Å². The lowest BCUT2D eigenvalue weighted by molar-refractivity contribution is -0.290. The summed E-state index contributed by atoms with van der Waals surface area (Å²) >= 11 is 0. The van der Waals surface area contributed by atoms with Crippen LogP contribution >= 0.6 is 0 Å². The zero-order valence-electron chi connectivity index (χ0n) is 17.0. The Morgan fingerprint density at radius 3 is 2.21 bits per heavy atom. The largest absolute Gasteiger partial charge is 0.504 e. The van der Waals surface area contributed by atoms with E-state index in [9.17, 15) is 40.2 Å². The average Bonchev–Trinajstić information content (AvgIpc) is 2.81. The van der Waals surface area contributed by atoms with E-state index in [1.165, 1.54) is 6.08 Å². The van der Waals surface area contributed by atoms with Gasteiger partial charge in [-0.15, -0.1) is 0 Å². The first-order valence-corrected chi connectivity index (χ1v) is 9.73. The van der Waals surface area contributed by atoms with Gasteiger partial charge in [0.25, 0.3) is 0 Å². The highest BCUT2D eigenvalue weighted by molar-refractivity contribution is 5.91. The minimum atomic E-state index is -1.83. The summed E-state index contributed by atoms with van der Waals surface area (Å²) in [5, 5.41) is 58.8. The molecular weight excluding hydrogens is 440 g/mol. The van der Waals surface area contributed by atoms with Crippen LogP contribution in [0.1, 0.15) is 15.9 Å². The standard InChI is InChI=1S/C22H22O11/c23-10-15-20(33-21(30)12-8-13(24)17(27)14(25)9-12)18(28)19(29)22(31-15)32-16(26)7-6-11-4-2-1-3-5-11/h1-9,15,18-20,22-25,27-29H,10H2/b7-6+/t15-,18-,19-,20-,22-/m1/s1. The zero-order chi connectivity index (χ0) is 24.1. The number of phenols is 3. The van der Waals surface area contributed by atoms with E-state index in [1.807, 2.05) is 0 Å². The molecule has 1 saturated heterocycles. The number of aromatic hydroxyl groups is 3. The lowest BCUT2D eigenvalue weighted by Gasteiger charge is -2.40. The van der Waals surface area contributed by atoms with Gasteiger partial charge in [-0.3, -0.25) is 0 Å². The second kappa shape index (κ2) is 10.3. The number of ether oxygens (including phenoxy) is 3. The van der Waals surface area contributed by atoms with E-state index in [2.05, 4.69) is 0 Å². The first-order valence-electron chi connectivity index (χ1n) is 9.73. The number of hydrogen-bond acceptors (Lipinski definition) is 11. The van der Waals surface area contributed by atoms with Crippen molar-refractivity contribution >= 4 is 18.0 Å². The lowest BCUT2D eigenvalue weighted by atomic mass is 9.99. The molecule has 11 nitrogen and oxygen atoms in total. The Morgan fingerprint density at radius 1 is 0.970 bits per heavy atom. The van der Waals surface area contributed by atoms with Gasteiger partial charge in [-0.25, -0.2) is 9.59 Å². The number of hydrogen-bond donors (Lipinski definition) is 6. The molecule has 0 unspecified atom stereocenters. The summed E-state index contributed by atoms with van der Waals surface area (Å²) in [4.78, 5) is 24.4. The molecule has 0 aliphatic carbocycles. The van der Waals surface area contributed by atoms with Crippen molar-refractivity contribution in [2.24, 2.45) is 0 Å². The van der Waals surface area contributed by atoms with E-state index in [4.69, 9.17) is 14.2 Å². The molecule has 0 amide bonds. The summed E-state index contributed by atoms with van der Waals surface area (Å²) in [5.41, 5.74) is 0.326. The number of aliphatic hydroxyl groups is 3. The molecule has 2 aromatic carbocycles. The highest BCUT2D eigenvalue weighted by Gasteiger charge is 2.48. The van der Waals surface area contributed by atoms with Crippen molar-refractivity contribution in [1.29, 1.82) is 0 Å². The maximum atomic E-state index is 12.4. The van der Waals surface area contributed by atoms with E-state index in [-0.39, 0.29) is 5.56 Å². The molecule has 5 atom stereocenters. The highest BCUT2D eigenvalue weighted by Crippen LogP contribution is 2.36. The summed E-state index contributed by atoms with van der Waals surface area (Å²) in [7, 11) is 0. The molecule has 0 aromatic heterocycles. The average molecular weight is 462 g/mol. The quantitative estimate of drug-likeness (QED) is 0.193. The van der Waals surface area contributed by atoms with Gasteiger partial charge in [0.05, 0.1) is 12.2 Å². The van der Waals surface area contributed by atoms with Crippen molar-refractivity contribution in [2.45, 2.75) is 30.7 Å². The molecule has 11 heteroatoms. The van der Waals surface area contributed by atoms with Crippen LogP contribution in [0.3, 0.4) is 0 Å². The number of benzene rings is 2. The van der Waals surface area contributed by atoms with Gasteiger partial charge in [-0.1, -0.05) is 30.3 Å². The summed E-state index contributed by atoms with van der Waals surface area (Å²) in [6.45, 7) is -0.776. The normalized spacial score (nSPS) is 25.0. The van der Waals surface area contributed by atoms with Crippen molar-refractivity contribution in [1.82, 2.24) is 0 Å². The van der Waals surface area contributed by atoms with Crippen molar-refractivity contribution in [3.63, 3.8) is 0 Å². The fraction of sp³-hybridized carbons (Fsp3) is 0.273. The number of carbonyl (C=O) groups excluding carboxylic acids is 2. The Balaban J connectivity index is 1.68. The van der Waals surface area contributed by atoms with Crippen LogP contribution in [0.5, 0.6) is 17.2 Å². The third-order valence-corrected chi connectivity index (χ3v) is 4.81. The van der Waals surface area contributed by atoms with Gasteiger partial charge < -0.3 is 44.8 Å². The number of carbonyl (C=O) groups is 2. The Hall–Kier alpha value is -3.64. The van der Waals surface area contributed by atoms with Gasteiger partial charge in [0.2, 0.25) is 6.29 Å². The number of phenolic OH excluding ortho intramolecular Hbond substituents is 3. The fourth-order valence-electron chi connectivity index (χ4n) is 3.09. The molecule has 1 heterocycles. The summed E-state index contributed by atoms with van der Waals surface area (Å²) in [5.74, 6) is -4.49. The third-order valence-electron chi connectivity index (χ3n) is 4.81. The molecular formula is C22H22O11. The Kier molecular flexibility index (Phi) is 7.51. The summed E-state index contributed by atoms with van der Waals surface area (Å²) < 4.78 is 15.4. The number of rotatable bonds is 6. The lowest BCUT2D eigenvalue weighted by Crippen LogP contribution is -2.60. The van der Waals surface area contributed by atoms with Crippen molar-refractivity contribution < 1.29 is 54.4 Å². The van der Waals surface area contributed by atoms with E-state index < -0.39 is 66.5 Å². The van der Waals surface area contributed by atoms with Crippen molar-refractivity contribution in [3.8, 4) is 17.2 Å². The van der Waals surface area contributed by atoms with Crippen molar-refractivity contribution in [3.05, 3.63) is 59.7 Å². The smallest absolute Gasteiger partial charge is 0.338 e. The number of aliphatic hydroxyl groups excluding tert-OH is 3. The first-order chi connectivity index (χ1) is 15.7. The highest BCUT2D eigenvalue weighted by atomic mass is 16.7. The number of esters is 2. The molecule has 3 rings (SSSR count). The Labute approximate surface area is 187 Å². The van der Waals surface area contributed by atoms with E-state index in [0.29, 0.717) is 5.56 Å². The van der Waals surface area contributed by atoms with Gasteiger partial charge in [-0.05, 0) is 23.8 Å². The first kappa shape index (κ1) is 24.0. The molecule has 0 bridgehead atoms. The minimum absolute atomic E-state index is 0.388. The van der Waals surface area contributed by atoms with Gasteiger partial charge in [0, 0.05) is 6.08 Å². The maximum Gasteiger partial charge on any atom is 0.338 e. The molecule has 1 aliphatic heterocycles. The van der Waals surface area contributed by atoms with Gasteiger partial charge in [-0.2, -0.15) is 0 Å². The second-order valence-electron chi connectivity index (χ2n) is 7.12. The van der Waals surface area contributed by atoms with E-state index in [1.54, 1.807) is 30.3 Å². The maximum absolute atomic E-state index is 12.4. The molecule has 33 heavy (non-hydrogen) atoms. The van der Waals surface area contributed by atoms with Gasteiger partial charge >= 0.3 is 11.9 Å². The van der Waals surface area contributed by atoms with Gasteiger partial charge in [0.1, 0.15) is 18.3 Å². The molecule has 1 aliphatic rings. The predicted molar refractivity (Wildman–Crippen MR) is 110 cm³/mol. The topological polar surface area (TPSA) is 183 Å². The Morgan fingerprint density at radius 2 is 1.61 bits per heavy atom. The van der Waals surface area contributed by atoms with Crippen LogP contribution in [0.4, 0.5) is 0 Å². The molecule has 6 N–H and O–H groups in total. The predicted octanol–water partition coefficient (Wildman–Crippen LogP) is 0.0244. The SMILES string of the molecule is O=C(/C=C/c1ccccc1)O[C@H]1O[C@H](CO)[C@@H](OC(=O)c2cc(O)c(O)c(O)c2)[C@H](O)[C@H]1O. The minimum Gasteiger partial charge on any atom is -0.504 e. The fourth-order valence-corrected chi connectivity index (χ4v) is 3.09. The van der Waals surface area contributed by atoms with E-state index in [0.717, 1.165) is 18.2 Å². The van der Waals surface area contributed by atoms with Crippen LogP contribution in [0.15, 0.2) is 48.5 Å². The van der Waals surface area contributed by atoms with Crippen LogP contribution < -0.4 is 0 Å². The second-order valence-corrected chi connectivity index (χ2v) is 7.12.